The highest BCUT2D eigenvalue weighted by Crippen LogP contribution is 2.35. The first kappa shape index (κ1) is 9.49. The van der Waals surface area contributed by atoms with Crippen LogP contribution < -0.4 is 5.32 Å². The molecule has 0 saturated carbocycles. The van der Waals surface area contributed by atoms with Crippen LogP contribution in [0.25, 0.3) is 0 Å². The van der Waals surface area contributed by atoms with E-state index < -0.39 is 5.79 Å². The van der Waals surface area contributed by atoms with E-state index in [1.54, 1.807) is 0 Å². The van der Waals surface area contributed by atoms with Gasteiger partial charge in [-0.15, -0.1) is 0 Å². The first-order valence-corrected chi connectivity index (χ1v) is 4.81. The van der Waals surface area contributed by atoms with Gasteiger partial charge >= 0.3 is 0 Å². The summed E-state index contributed by atoms with van der Waals surface area (Å²) in [5.41, 5.74) is 2.11. The lowest BCUT2D eigenvalue weighted by Gasteiger charge is -2.25. The normalized spacial score (nSPS) is 19.6. The molecule has 2 rings (SSSR count). The summed E-state index contributed by atoms with van der Waals surface area (Å²) >= 11 is 0. The molecule has 1 aromatic rings. The van der Waals surface area contributed by atoms with Gasteiger partial charge in [-0.25, -0.2) is 0 Å². The van der Waals surface area contributed by atoms with Crippen LogP contribution in [0.3, 0.4) is 0 Å². The van der Waals surface area contributed by atoms with Gasteiger partial charge in [0, 0.05) is 18.3 Å². The molecule has 76 valence electrons. The van der Waals surface area contributed by atoms with Crippen LogP contribution in [0.15, 0.2) is 24.3 Å². The van der Waals surface area contributed by atoms with Crippen LogP contribution in [-0.4, -0.2) is 20.3 Å². The number of rotatable bonds is 2. The topological polar surface area (TPSA) is 30.5 Å². The van der Waals surface area contributed by atoms with Crippen molar-refractivity contribution >= 4 is 5.69 Å². The second-order valence-corrected chi connectivity index (χ2v) is 3.44. The van der Waals surface area contributed by atoms with E-state index in [-0.39, 0.29) is 0 Å². The van der Waals surface area contributed by atoms with Crippen molar-refractivity contribution in [3.05, 3.63) is 29.8 Å². The van der Waals surface area contributed by atoms with E-state index in [2.05, 4.69) is 5.32 Å². The third-order valence-electron chi connectivity index (χ3n) is 2.52. The largest absolute Gasteiger partial charge is 0.388 e. The molecule has 3 heteroatoms. The van der Waals surface area contributed by atoms with Gasteiger partial charge in [0.05, 0.1) is 13.2 Å². The Kier molecular flexibility index (Phi) is 2.44. The Morgan fingerprint density at radius 2 is 1.86 bits per heavy atom. The van der Waals surface area contributed by atoms with Crippen molar-refractivity contribution < 1.29 is 9.47 Å². The minimum absolute atomic E-state index is 0.584. The number of ether oxygens (including phenoxy) is 2. The molecule has 0 unspecified atom stereocenters. The van der Waals surface area contributed by atoms with Crippen LogP contribution in [0.4, 0.5) is 5.69 Å². The van der Waals surface area contributed by atoms with Crippen molar-refractivity contribution in [1.29, 1.82) is 0 Å². The summed E-state index contributed by atoms with van der Waals surface area (Å²) in [5, 5.41) is 3.14. The average Bonchev–Trinajstić information content (AvgIpc) is 2.66. The predicted molar refractivity (Wildman–Crippen MR) is 55.2 cm³/mol. The molecular weight excluding hydrogens is 178 g/mol. The van der Waals surface area contributed by atoms with Gasteiger partial charge in [0.2, 0.25) is 0 Å². The maximum absolute atomic E-state index is 5.61. The maximum Gasteiger partial charge on any atom is 0.194 e. The molecule has 3 nitrogen and oxygen atoms in total. The minimum atomic E-state index is -0.584. The smallest absolute Gasteiger partial charge is 0.194 e. The summed E-state index contributed by atoms with van der Waals surface area (Å²) in [6, 6.07) is 8.03. The van der Waals surface area contributed by atoms with Gasteiger partial charge in [-0.1, -0.05) is 18.2 Å². The van der Waals surface area contributed by atoms with Crippen molar-refractivity contribution in [2.75, 3.05) is 25.6 Å². The number of hydrogen-bond acceptors (Lipinski definition) is 3. The Bertz CT molecular complexity index is 319. The zero-order chi connectivity index (χ0) is 10.0. The number of hydrogen-bond donors (Lipinski definition) is 1. The molecule has 1 aromatic carbocycles. The van der Waals surface area contributed by atoms with E-state index in [0.29, 0.717) is 13.2 Å². The van der Waals surface area contributed by atoms with Gasteiger partial charge in [0.25, 0.3) is 0 Å². The first-order chi connectivity index (χ1) is 6.76. The lowest BCUT2D eigenvalue weighted by Crippen LogP contribution is -2.23. The first-order valence-electron chi connectivity index (χ1n) is 4.81. The molecule has 14 heavy (non-hydrogen) atoms. The average molecular weight is 193 g/mol. The summed E-state index contributed by atoms with van der Waals surface area (Å²) in [7, 11) is 1.90. The van der Waals surface area contributed by atoms with Crippen LogP contribution >= 0.6 is 0 Å². The van der Waals surface area contributed by atoms with Gasteiger partial charge in [-0.05, 0) is 13.0 Å². The van der Waals surface area contributed by atoms with Gasteiger partial charge in [-0.3, -0.25) is 0 Å². The molecule has 1 fully saturated rings. The molecule has 0 radical (unpaired) electrons. The molecule has 0 bridgehead atoms. The summed E-state index contributed by atoms with van der Waals surface area (Å²) in [5.74, 6) is -0.584. The molecule has 0 amide bonds. The van der Waals surface area contributed by atoms with Crippen LogP contribution in [0.1, 0.15) is 12.5 Å². The third kappa shape index (κ3) is 1.49. The van der Waals surface area contributed by atoms with E-state index in [1.807, 2.05) is 38.2 Å². The fourth-order valence-corrected chi connectivity index (χ4v) is 1.77. The fraction of sp³-hybridized carbons (Fsp3) is 0.455. The fourth-order valence-electron chi connectivity index (χ4n) is 1.77. The Labute approximate surface area is 84.0 Å². The second-order valence-electron chi connectivity index (χ2n) is 3.44. The summed E-state index contributed by atoms with van der Waals surface area (Å²) in [6.45, 7) is 3.28. The van der Waals surface area contributed by atoms with Crippen molar-refractivity contribution in [3.63, 3.8) is 0 Å². The summed E-state index contributed by atoms with van der Waals surface area (Å²) < 4.78 is 11.2. The van der Waals surface area contributed by atoms with E-state index >= 15 is 0 Å². The molecule has 0 aliphatic carbocycles. The quantitative estimate of drug-likeness (QED) is 0.778. The Hall–Kier alpha value is -1.06. The van der Waals surface area contributed by atoms with Crippen LogP contribution in [-0.2, 0) is 15.3 Å². The Morgan fingerprint density at radius 3 is 2.50 bits per heavy atom. The lowest BCUT2D eigenvalue weighted by molar-refractivity contribution is -0.149. The van der Waals surface area contributed by atoms with Crippen molar-refractivity contribution in [1.82, 2.24) is 0 Å². The molecule has 0 spiro atoms. The lowest BCUT2D eigenvalue weighted by atomic mass is 10.1. The maximum atomic E-state index is 5.61. The second kappa shape index (κ2) is 3.59. The van der Waals surface area contributed by atoms with Crippen molar-refractivity contribution in [2.45, 2.75) is 12.7 Å². The monoisotopic (exact) mass is 193 g/mol. The van der Waals surface area contributed by atoms with Crippen molar-refractivity contribution in [2.24, 2.45) is 0 Å². The number of benzene rings is 1. The summed E-state index contributed by atoms with van der Waals surface area (Å²) in [6.07, 6.45) is 0. The van der Waals surface area contributed by atoms with Crippen LogP contribution in [0, 0.1) is 0 Å². The Balaban J connectivity index is 2.39. The zero-order valence-electron chi connectivity index (χ0n) is 8.54. The summed E-state index contributed by atoms with van der Waals surface area (Å²) in [4.78, 5) is 0. The number of nitrogens with one attached hydrogen (secondary N) is 1. The SMILES string of the molecule is CNc1ccccc1C1(C)OCCO1. The molecule has 1 heterocycles. The molecule has 1 aliphatic heterocycles. The van der Waals surface area contributed by atoms with Gasteiger partial charge < -0.3 is 14.8 Å². The highest BCUT2D eigenvalue weighted by atomic mass is 16.7. The van der Waals surface area contributed by atoms with E-state index in [9.17, 15) is 0 Å². The molecular formula is C11H15NO2. The predicted octanol–water partition coefficient (Wildman–Crippen LogP) is 1.95. The highest BCUT2D eigenvalue weighted by Gasteiger charge is 2.34. The van der Waals surface area contributed by atoms with Crippen LogP contribution in [0.2, 0.25) is 0 Å². The standard InChI is InChI=1S/C11H15NO2/c1-11(13-7-8-14-11)9-5-3-4-6-10(9)12-2/h3-6,12H,7-8H2,1-2H3. The van der Waals surface area contributed by atoms with Gasteiger partial charge in [-0.2, -0.15) is 0 Å². The van der Waals surface area contributed by atoms with Gasteiger partial charge in [0.15, 0.2) is 5.79 Å². The van der Waals surface area contributed by atoms with Crippen LogP contribution in [0.5, 0.6) is 0 Å². The number of para-hydroxylation sites is 1. The third-order valence-corrected chi connectivity index (χ3v) is 2.52. The zero-order valence-corrected chi connectivity index (χ0v) is 8.54. The molecule has 0 atom stereocenters. The van der Waals surface area contributed by atoms with E-state index in [1.165, 1.54) is 0 Å². The minimum Gasteiger partial charge on any atom is -0.388 e. The highest BCUT2D eigenvalue weighted by molar-refractivity contribution is 5.52. The molecule has 0 aromatic heterocycles. The van der Waals surface area contributed by atoms with E-state index in [0.717, 1.165) is 11.3 Å². The Morgan fingerprint density at radius 1 is 1.21 bits per heavy atom. The number of anilines is 1. The molecule has 1 N–H and O–H groups in total. The van der Waals surface area contributed by atoms with Gasteiger partial charge in [0.1, 0.15) is 0 Å². The molecule has 1 saturated heterocycles. The van der Waals surface area contributed by atoms with Crippen molar-refractivity contribution in [3.8, 4) is 0 Å². The molecule has 1 aliphatic rings. The van der Waals surface area contributed by atoms with E-state index in [4.69, 9.17) is 9.47 Å².